The standard InChI is InChI=1S/C20H26N2O4S/c1-3-12-26-19-10-8-16(9-11-19)15-21-20(23)17-6-5-7-18(14-17)22-27(24,25)13-4-2/h5-11,14,22H,3-4,12-13,15H2,1-2H3,(H,21,23). The van der Waals surface area contributed by atoms with Gasteiger partial charge in [0.15, 0.2) is 0 Å². The maximum absolute atomic E-state index is 12.4. The molecule has 0 heterocycles. The molecule has 0 radical (unpaired) electrons. The van der Waals surface area contributed by atoms with E-state index in [4.69, 9.17) is 4.74 Å². The maximum Gasteiger partial charge on any atom is 0.251 e. The SMILES string of the molecule is CCCOc1ccc(CNC(=O)c2cccc(NS(=O)(=O)CCC)c2)cc1. The van der Waals surface area contributed by atoms with Gasteiger partial charge in [-0.15, -0.1) is 0 Å². The van der Waals surface area contributed by atoms with Crippen molar-refractivity contribution in [3.8, 4) is 5.75 Å². The van der Waals surface area contributed by atoms with Crippen LogP contribution in [-0.2, 0) is 16.6 Å². The minimum Gasteiger partial charge on any atom is -0.494 e. The fourth-order valence-electron chi connectivity index (χ4n) is 2.43. The second kappa shape index (κ2) is 9.97. The Hall–Kier alpha value is -2.54. The summed E-state index contributed by atoms with van der Waals surface area (Å²) >= 11 is 0. The Morgan fingerprint density at radius 2 is 1.78 bits per heavy atom. The van der Waals surface area contributed by atoms with Gasteiger partial charge in [-0.05, 0) is 48.7 Å². The molecule has 6 nitrogen and oxygen atoms in total. The summed E-state index contributed by atoms with van der Waals surface area (Å²) < 4.78 is 31.7. The number of benzene rings is 2. The average Bonchev–Trinajstić information content (AvgIpc) is 2.65. The second-order valence-corrected chi connectivity index (χ2v) is 8.02. The average molecular weight is 391 g/mol. The molecule has 7 heteroatoms. The van der Waals surface area contributed by atoms with Gasteiger partial charge >= 0.3 is 0 Å². The number of sulfonamides is 1. The molecule has 0 saturated carbocycles. The van der Waals surface area contributed by atoms with E-state index in [0.717, 1.165) is 17.7 Å². The molecule has 0 aromatic heterocycles. The van der Waals surface area contributed by atoms with Gasteiger partial charge in [-0.25, -0.2) is 8.42 Å². The van der Waals surface area contributed by atoms with E-state index in [1.807, 2.05) is 31.2 Å². The Balaban J connectivity index is 1.95. The summed E-state index contributed by atoms with van der Waals surface area (Å²) in [6, 6.07) is 14.0. The highest BCUT2D eigenvalue weighted by molar-refractivity contribution is 7.92. The van der Waals surface area contributed by atoms with Crippen LogP contribution in [-0.4, -0.2) is 26.7 Å². The molecule has 0 saturated heterocycles. The summed E-state index contributed by atoms with van der Waals surface area (Å²) in [5.41, 5.74) is 1.73. The third kappa shape index (κ3) is 6.94. The number of nitrogens with one attached hydrogen (secondary N) is 2. The highest BCUT2D eigenvalue weighted by atomic mass is 32.2. The van der Waals surface area contributed by atoms with Crippen LogP contribution in [0.25, 0.3) is 0 Å². The van der Waals surface area contributed by atoms with Crippen LogP contribution in [0.4, 0.5) is 5.69 Å². The van der Waals surface area contributed by atoms with E-state index in [-0.39, 0.29) is 11.7 Å². The van der Waals surface area contributed by atoms with Crippen LogP contribution >= 0.6 is 0 Å². The molecule has 2 N–H and O–H groups in total. The zero-order chi connectivity index (χ0) is 19.7. The number of carbonyl (C=O) groups is 1. The fraction of sp³-hybridized carbons (Fsp3) is 0.350. The van der Waals surface area contributed by atoms with Crippen molar-refractivity contribution in [1.82, 2.24) is 5.32 Å². The molecular weight excluding hydrogens is 364 g/mol. The lowest BCUT2D eigenvalue weighted by molar-refractivity contribution is 0.0951. The monoisotopic (exact) mass is 390 g/mol. The molecular formula is C20H26N2O4S. The molecule has 1 amide bonds. The maximum atomic E-state index is 12.4. The van der Waals surface area contributed by atoms with E-state index < -0.39 is 10.0 Å². The highest BCUT2D eigenvalue weighted by Gasteiger charge is 2.11. The smallest absolute Gasteiger partial charge is 0.251 e. The molecule has 0 aliphatic rings. The van der Waals surface area contributed by atoms with Crippen LogP contribution in [0.15, 0.2) is 48.5 Å². The Morgan fingerprint density at radius 3 is 2.44 bits per heavy atom. The molecule has 146 valence electrons. The summed E-state index contributed by atoms with van der Waals surface area (Å²) in [6.07, 6.45) is 1.48. The van der Waals surface area contributed by atoms with E-state index in [1.165, 1.54) is 6.07 Å². The Bertz CT molecular complexity index is 849. The van der Waals surface area contributed by atoms with Crippen molar-refractivity contribution in [3.63, 3.8) is 0 Å². The molecule has 0 unspecified atom stereocenters. The van der Waals surface area contributed by atoms with Crippen LogP contribution in [0.2, 0.25) is 0 Å². The van der Waals surface area contributed by atoms with Crippen LogP contribution in [0.1, 0.15) is 42.6 Å². The lowest BCUT2D eigenvalue weighted by Gasteiger charge is -2.10. The second-order valence-electron chi connectivity index (χ2n) is 6.18. The molecule has 0 fully saturated rings. The molecule has 0 aliphatic heterocycles. The summed E-state index contributed by atoms with van der Waals surface area (Å²) in [5, 5.41) is 2.84. The van der Waals surface area contributed by atoms with Gasteiger partial charge in [-0.3, -0.25) is 9.52 Å². The number of carbonyl (C=O) groups excluding carboxylic acids is 1. The van der Waals surface area contributed by atoms with Crippen molar-refractivity contribution in [3.05, 3.63) is 59.7 Å². The van der Waals surface area contributed by atoms with Gasteiger partial charge in [0, 0.05) is 17.8 Å². The molecule has 2 aromatic rings. The summed E-state index contributed by atoms with van der Waals surface area (Å²) in [7, 11) is -3.39. The molecule has 0 spiro atoms. The van der Waals surface area contributed by atoms with E-state index >= 15 is 0 Å². The molecule has 27 heavy (non-hydrogen) atoms. The normalized spacial score (nSPS) is 11.0. The van der Waals surface area contributed by atoms with Gasteiger partial charge in [0.2, 0.25) is 10.0 Å². The van der Waals surface area contributed by atoms with Gasteiger partial charge in [0.1, 0.15) is 5.75 Å². The lowest BCUT2D eigenvalue weighted by Crippen LogP contribution is -2.23. The number of rotatable bonds is 10. The largest absolute Gasteiger partial charge is 0.494 e. The number of hydrogen-bond donors (Lipinski definition) is 2. The van der Waals surface area contributed by atoms with Crippen LogP contribution in [0, 0.1) is 0 Å². The van der Waals surface area contributed by atoms with Crippen molar-refractivity contribution in [2.45, 2.75) is 33.2 Å². The summed E-state index contributed by atoms with van der Waals surface area (Å²) in [5.74, 6) is 0.582. The van der Waals surface area contributed by atoms with Crippen molar-refractivity contribution in [2.75, 3.05) is 17.1 Å². The van der Waals surface area contributed by atoms with Crippen LogP contribution < -0.4 is 14.8 Å². The number of anilines is 1. The molecule has 0 atom stereocenters. The number of ether oxygens (including phenoxy) is 1. The van der Waals surface area contributed by atoms with E-state index in [1.54, 1.807) is 25.1 Å². The molecule has 2 rings (SSSR count). The quantitative estimate of drug-likeness (QED) is 0.650. The topological polar surface area (TPSA) is 84.5 Å². The highest BCUT2D eigenvalue weighted by Crippen LogP contribution is 2.14. The first-order valence-electron chi connectivity index (χ1n) is 9.04. The first-order valence-corrected chi connectivity index (χ1v) is 10.7. The van der Waals surface area contributed by atoms with E-state index in [0.29, 0.717) is 30.8 Å². The number of hydrogen-bond acceptors (Lipinski definition) is 4. The van der Waals surface area contributed by atoms with Gasteiger partial charge in [0.25, 0.3) is 5.91 Å². The molecule has 0 aliphatic carbocycles. The minimum absolute atomic E-state index is 0.0430. The van der Waals surface area contributed by atoms with E-state index in [9.17, 15) is 13.2 Å². The summed E-state index contributed by atoms with van der Waals surface area (Å²) in [6.45, 7) is 4.90. The lowest BCUT2D eigenvalue weighted by atomic mass is 10.1. The third-order valence-corrected chi connectivity index (χ3v) is 5.21. The Kier molecular flexibility index (Phi) is 7.67. The van der Waals surface area contributed by atoms with Crippen molar-refractivity contribution < 1.29 is 17.9 Å². The zero-order valence-electron chi connectivity index (χ0n) is 15.7. The van der Waals surface area contributed by atoms with Crippen molar-refractivity contribution in [2.24, 2.45) is 0 Å². The zero-order valence-corrected chi connectivity index (χ0v) is 16.5. The van der Waals surface area contributed by atoms with Gasteiger partial charge < -0.3 is 10.1 Å². The molecule has 2 aromatic carbocycles. The van der Waals surface area contributed by atoms with Crippen LogP contribution in [0.5, 0.6) is 5.75 Å². The van der Waals surface area contributed by atoms with E-state index in [2.05, 4.69) is 10.0 Å². The van der Waals surface area contributed by atoms with Gasteiger partial charge in [-0.1, -0.05) is 32.0 Å². The molecule has 0 bridgehead atoms. The summed E-state index contributed by atoms with van der Waals surface area (Å²) in [4.78, 5) is 12.4. The minimum atomic E-state index is -3.39. The fourth-order valence-corrected chi connectivity index (χ4v) is 3.56. The van der Waals surface area contributed by atoms with Crippen LogP contribution in [0.3, 0.4) is 0 Å². The van der Waals surface area contributed by atoms with Gasteiger partial charge in [0.05, 0.1) is 12.4 Å². The first-order chi connectivity index (χ1) is 12.9. The van der Waals surface area contributed by atoms with Crippen molar-refractivity contribution >= 4 is 21.6 Å². The predicted molar refractivity (Wildman–Crippen MR) is 108 cm³/mol. The van der Waals surface area contributed by atoms with Crippen molar-refractivity contribution in [1.29, 1.82) is 0 Å². The predicted octanol–water partition coefficient (Wildman–Crippen LogP) is 3.56. The third-order valence-electron chi connectivity index (χ3n) is 3.72. The van der Waals surface area contributed by atoms with Gasteiger partial charge in [-0.2, -0.15) is 0 Å². The first kappa shape index (κ1) is 20.8. The Morgan fingerprint density at radius 1 is 1.04 bits per heavy atom. The Labute approximate surface area is 161 Å². The number of amides is 1.